The average Bonchev–Trinajstić information content (AvgIpc) is 2.36. The van der Waals surface area contributed by atoms with Gasteiger partial charge < -0.3 is 5.73 Å². The fraction of sp³-hybridized carbons (Fsp3) is 0.571. The van der Waals surface area contributed by atoms with Gasteiger partial charge in [0.25, 0.3) is 0 Å². The van der Waals surface area contributed by atoms with E-state index in [1.165, 1.54) is 11.3 Å². The highest BCUT2D eigenvalue weighted by atomic mass is 32.1. The fourth-order valence-electron chi connectivity index (χ4n) is 0.890. The van der Waals surface area contributed by atoms with E-state index < -0.39 is 0 Å². The first-order valence-electron chi connectivity index (χ1n) is 3.49. The Bertz CT molecular complexity index is 195. The lowest BCUT2D eigenvalue weighted by molar-refractivity contribution is 0.895. The molecule has 3 heteroatoms. The Labute approximate surface area is 65.1 Å². The molecule has 1 aromatic heterocycles. The van der Waals surface area contributed by atoms with Crippen molar-refractivity contribution in [1.82, 2.24) is 4.98 Å². The Balaban J connectivity index is 2.70. The van der Waals surface area contributed by atoms with Crippen LogP contribution >= 0.6 is 11.3 Å². The predicted octanol–water partition coefficient (Wildman–Crippen LogP) is 1.55. The molecule has 0 amide bonds. The van der Waals surface area contributed by atoms with E-state index in [0.717, 1.165) is 12.1 Å². The highest BCUT2D eigenvalue weighted by Crippen LogP contribution is 2.14. The maximum Gasteiger partial charge on any atom is 0.0798 e. The second-order valence-corrected chi connectivity index (χ2v) is 3.12. The summed E-state index contributed by atoms with van der Waals surface area (Å²) in [6, 6.07) is 0. The van der Waals surface area contributed by atoms with Gasteiger partial charge in [-0.3, -0.25) is 0 Å². The lowest BCUT2D eigenvalue weighted by Gasteiger charge is -1.94. The topological polar surface area (TPSA) is 38.9 Å². The van der Waals surface area contributed by atoms with E-state index in [2.05, 4.69) is 11.9 Å². The van der Waals surface area contributed by atoms with E-state index in [4.69, 9.17) is 5.73 Å². The van der Waals surface area contributed by atoms with E-state index in [1.54, 1.807) is 11.3 Å². The van der Waals surface area contributed by atoms with Crippen molar-refractivity contribution < 1.29 is 0 Å². The van der Waals surface area contributed by atoms with Crippen molar-refractivity contribution in [2.45, 2.75) is 26.3 Å². The molecule has 2 nitrogen and oxygen atoms in total. The van der Waals surface area contributed by atoms with Gasteiger partial charge in [0.2, 0.25) is 0 Å². The highest BCUT2D eigenvalue weighted by molar-refractivity contribution is 7.09. The summed E-state index contributed by atoms with van der Waals surface area (Å²) < 4.78 is 0. The molecule has 0 saturated heterocycles. The van der Waals surface area contributed by atoms with Gasteiger partial charge in [-0.1, -0.05) is 13.3 Å². The summed E-state index contributed by atoms with van der Waals surface area (Å²) >= 11 is 1.71. The molecule has 2 N–H and O–H groups in total. The van der Waals surface area contributed by atoms with Crippen LogP contribution in [0.4, 0.5) is 0 Å². The molecule has 1 heterocycles. The van der Waals surface area contributed by atoms with Gasteiger partial charge in [0.15, 0.2) is 0 Å². The lowest BCUT2D eigenvalue weighted by Crippen LogP contribution is -1.99. The molecule has 0 unspecified atom stereocenters. The summed E-state index contributed by atoms with van der Waals surface area (Å²) in [7, 11) is 0. The zero-order valence-electron chi connectivity index (χ0n) is 6.13. The van der Waals surface area contributed by atoms with E-state index >= 15 is 0 Å². The molecule has 56 valence electrons. The quantitative estimate of drug-likeness (QED) is 0.721. The van der Waals surface area contributed by atoms with Crippen molar-refractivity contribution in [1.29, 1.82) is 0 Å². The average molecular weight is 156 g/mol. The van der Waals surface area contributed by atoms with Crippen LogP contribution < -0.4 is 5.73 Å². The summed E-state index contributed by atoms with van der Waals surface area (Å²) in [5.41, 5.74) is 8.41. The maximum absolute atomic E-state index is 5.47. The zero-order chi connectivity index (χ0) is 7.40. The van der Waals surface area contributed by atoms with Crippen molar-refractivity contribution in [3.63, 3.8) is 0 Å². The van der Waals surface area contributed by atoms with Crippen LogP contribution in [0.2, 0.25) is 0 Å². The number of thiazole rings is 1. The van der Waals surface area contributed by atoms with Gasteiger partial charge in [-0.25, -0.2) is 4.98 Å². The molecule has 0 radical (unpaired) electrons. The first-order chi connectivity index (χ1) is 4.88. The molecule has 0 aliphatic rings. The first-order valence-corrected chi connectivity index (χ1v) is 4.37. The number of nitrogens with zero attached hydrogens (tertiary/aromatic N) is 1. The Morgan fingerprint density at radius 3 is 3.10 bits per heavy atom. The third kappa shape index (κ3) is 1.55. The Hall–Kier alpha value is -0.410. The first kappa shape index (κ1) is 7.69. The van der Waals surface area contributed by atoms with E-state index in [-0.39, 0.29) is 0 Å². The number of hydrogen-bond acceptors (Lipinski definition) is 3. The predicted molar refractivity (Wildman–Crippen MR) is 44.0 cm³/mol. The van der Waals surface area contributed by atoms with E-state index in [0.29, 0.717) is 6.54 Å². The number of hydrogen-bond donors (Lipinski definition) is 1. The van der Waals surface area contributed by atoms with Crippen LogP contribution in [-0.2, 0) is 13.0 Å². The molecule has 0 atom stereocenters. The standard InChI is InChI=1S/C7H12N2S/c1-2-3-7-6(4-8)9-5-10-7/h5H,2-4,8H2,1H3. The van der Waals surface area contributed by atoms with Gasteiger partial charge in [-0.2, -0.15) is 0 Å². The second-order valence-electron chi connectivity index (χ2n) is 2.18. The third-order valence-electron chi connectivity index (χ3n) is 1.40. The molecular formula is C7H12N2S. The van der Waals surface area contributed by atoms with E-state index in [9.17, 15) is 0 Å². The second kappa shape index (κ2) is 3.68. The molecule has 1 rings (SSSR count). The van der Waals surface area contributed by atoms with Crippen molar-refractivity contribution in [2.24, 2.45) is 5.73 Å². The van der Waals surface area contributed by atoms with Crippen LogP contribution in [0, 0.1) is 0 Å². The minimum Gasteiger partial charge on any atom is -0.325 e. The minimum atomic E-state index is 0.582. The van der Waals surface area contributed by atoms with Gasteiger partial charge in [-0.15, -0.1) is 11.3 Å². The number of nitrogens with two attached hydrogens (primary N) is 1. The molecule has 0 fully saturated rings. The molecule has 0 spiro atoms. The molecular weight excluding hydrogens is 144 g/mol. The highest BCUT2D eigenvalue weighted by Gasteiger charge is 2.01. The fourth-order valence-corrected chi connectivity index (χ4v) is 1.79. The van der Waals surface area contributed by atoms with Crippen LogP contribution in [0.25, 0.3) is 0 Å². The van der Waals surface area contributed by atoms with Gasteiger partial charge >= 0.3 is 0 Å². The third-order valence-corrected chi connectivity index (χ3v) is 2.33. The smallest absolute Gasteiger partial charge is 0.0798 e. The molecule has 0 bridgehead atoms. The Morgan fingerprint density at radius 1 is 1.70 bits per heavy atom. The van der Waals surface area contributed by atoms with Crippen LogP contribution in [-0.4, -0.2) is 4.98 Å². The van der Waals surface area contributed by atoms with Gasteiger partial charge in [0.1, 0.15) is 0 Å². The number of aromatic nitrogens is 1. The monoisotopic (exact) mass is 156 g/mol. The van der Waals surface area contributed by atoms with Gasteiger partial charge in [0, 0.05) is 11.4 Å². The summed E-state index contributed by atoms with van der Waals surface area (Å²) in [6.07, 6.45) is 2.30. The van der Waals surface area contributed by atoms with Crippen LogP contribution in [0.5, 0.6) is 0 Å². The number of rotatable bonds is 3. The number of aryl methyl sites for hydroxylation is 1. The Kier molecular flexibility index (Phi) is 2.83. The summed E-state index contributed by atoms with van der Waals surface area (Å²) in [4.78, 5) is 5.50. The molecule has 0 aliphatic carbocycles. The summed E-state index contributed by atoms with van der Waals surface area (Å²) in [5, 5.41) is 0. The summed E-state index contributed by atoms with van der Waals surface area (Å²) in [5.74, 6) is 0. The molecule has 10 heavy (non-hydrogen) atoms. The van der Waals surface area contributed by atoms with Crippen LogP contribution in [0.15, 0.2) is 5.51 Å². The van der Waals surface area contributed by atoms with Crippen molar-refractivity contribution >= 4 is 11.3 Å². The lowest BCUT2D eigenvalue weighted by atomic mass is 10.2. The normalized spacial score (nSPS) is 10.2. The van der Waals surface area contributed by atoms with Crippen LogP contribution in [0.1, 0.15) is 23.9 Å². The van der Waals surface area contributed by atoms with E-state index in [1.807, 2.05) is 5.51 Å². The van der Waals surface area contributed by atoms with Gasteiger partial charge in [0.05, 0.1) is 11.2 Å². The van der Waals surface area contributed by atoms with Crippen molar-refractivity contribution in [3.8, 4) is 0 Å². The maximum atomic E-state index is 5.47. The zero-order valence-corrected chi connectivity index (χ0v) is 6.95. The molecule has 1 aromatic rings. The molecule has 0 aromatic carbocycles. The van der Waals surface area contributed by atoms with Crippen molar-refractivity contribution in [2.75, 3.05) is 0 Å². The van der Waals surface area contributed by atoms with Gasteiger partial charge in [-0.05, 0) is 6.42 Å². The van der Waals surface area contributed by atoms with Crippen molar-refractivity contribution in [3.05, 3.63) is 16.1 Å². The molecule has 0 aliphatic heterocycles. The molecule has 0 saturated carbocycles. The summed E-state index contributed by atoms with van der Waals surface area (Å²) in [6.45, 7) is 2.75. The van der Waals surface area contributed by atoms with Crippen LogP contribution in [0.3, 0.4) is 0 Å². The largest absolute Gasteiger partial charge is 0.325 e. The SMILES string of the molecule is CCCc1scnc1CN. The minimum absolute atomic E-state index is 0.582. The Morgan fingerprint density at radius 2 is 2.50 bits per heavy atom.